The summed E-state index contributed by atoms with van der Waals surface area (Å²) < 4.78 is 17.3. The summed E-state index contributed by atoms with van der Waals surface area (Å²) in [7, 11) is 1.62. The number of allylic oxidation sites excluding steroid dienone is 1. The fourth-order valence-corrected chi connectivity index (χ4v) is 4.27. The van der Waals surface area contributed by atoms with Crippen LogP contribution in [0.4, 0.5) is 0 Å². The van der Waals surface area contributed by atoms with Crippen molar-refractivity contribution in [3.8, 4) is 22.6 Å². The van der Waals surface area contributed by atoms with Crippen LogP contribution in [0.1, 0.15) is 30.5 Å². The number of carbonyl (C=O) groups excluding carboxylic acids is 1. The number of amides is 1. The normalized spacial score (nSPS) is 11.5. The van der Waals surface area contributed by atoms with Crippen LogP contribution in [-0.4, -0.2) is 19.6 Å². The van der Waals surface area contributed by atoms with E-state index in [1.807, 2.05) is 75.4 Å². The van der Waals surface area contributed by atoms with Gasteiger partial charge in [0.05, 0.1) is 20.0 Å². The Kier molecular flexibility index (Phi) is 7.47. The van der Waals surface area contributed by atoms with E-state index in [0.29, 0.717) is 23.9 Å². The number of methoxy groups -OCH3 is 1. The van der Waals surface area contributed by atoms with Gasteiger partial charge in [0.15, 0.2) is 0 Å². The summed E-state index contributed by atoms with van der Waals surface area (Å²) in [5.41, 5.74) is 6.15. The Morgan fingerprint density at radius 2 is 1.89 bits per heavy atom. The van der Waals surface area contributed by atoms with E-state index in [2.05, 4.69) is 5.32 Å². The van der Waals surface area contributed by atoms with E-state index in [-0.39, 0.29) is 5.91 Å². The molecule has 0 fully saturated rings. The smallest absolute Gasteiger partial charge is 0.244 e. The maximum absolute atomic E-state index is 12.8. The van der Waals surface area contributed by atoms with E-state index in [4.69, 9.17) is 25.5 Å². The number of benzene rings is 3. The van der Waals surface area contributed by atoms with Crippen LogP contribution in [0.2, 0.25) is 5.02 Å². The first-order valence-corrected chi connectivity index (χ1v) is 11.8. The molecule has 5 nitrogen and oxygen atoms in total. The fraction of sp³-hybridized carbons (Fsp3) is 0.207. The van der Waals surface area contributed by atoms with Crippen molar-refractivity contribution in [2.75, 3.05) is 13.7 Å². The summed E-state index contributed by atoms with van der Waals surface area (Å²) in [6.07, 6.45) is 3.35. The summed E-state index contributed by atoms with van der Waals surface area (Å²) in [6, 6.07) is 17.3. The number of hydrogen-bond acceptors (Lipinski definition) is 4. The van der Waals surface area contributed by atoms with Crippen LogP contribution < -0.4 is 14.8 Å². The minimum atomic E-state index is -0.196. The van der Waals surface area contributed by atoms with Crippen molar-refractivity contribution in [1.82, 2.24) is 5.32 Å². The molecule has 1 aromatic heterocycles. The van der Waals surface area contributed by atoms with Gasteiger partial charge in [0.1, 0.15) is 17.1 Å². The number of halogens is 1. The standard InChI is InChI=1S/C29H28ClNO4/c1-5-34-28-19(3)29-24(25(17-35-29)20-10-12-22(30)13-11-20)15-23(28)18(2)14-27(32)31-16-21-8-6-7-9-26(21)33-4/h6-15,17H,5,16H2,1-4H3,(H,31,32)/b18-14+. The van der Waals surface area contributed by atoms with Gasteiger partial charge in [-0.3, -0.25) is 4.79 Å². The maximum Gasteiger partial charge on any atom is 0.244 e. The molecule has 180 valence electrons. The molecule has 4 aromatic rings. The van der Waals surface area contributed by atoms with Crippen LogP contribution in [-0.2, 0) is 11.3 Å². The van der Waals surface area contributed by atoms with E-state index in [1.54, 1.807) is 19.4 Å². The summed E-state index contributed by atoms with van der Waals surface area (Å²) in [6.45, 7) is 6.69. The second-order valence-electron chi connectivity index (χ2n) is 8.20. The van der Waals surface area contributed by atoms with Crippen LogP contribution >= 0.6 is 11.6 Å². The topological polar surface area (TPSA) is 60.7 Å². The summed E-state index contributed by atoms with van der Waals surface area (Å²) in [5, 5.41) is 4.57. The number of hydrogen-bond donors (Lipinski definition) is 1. The number of furan rings is 1. The fourth-order valence-electron chi connectivity index (χ4n) is 4.15. The van der Waals surface area contributed by atoms with Gasteiger partial charge in [0.25, 0.3) is 0 Å². The molecule has 0 saturated carbocycles. The molecule has 0 atom stereocenters. The van der Waals surface area contributed by atoms with Crippen molar-refractivity contribution < 1.29 is 18.7 Å². The molecule has 4 rings (SSSR count). The second-order valence-corrected chi connectivity index (χ2v) is 8.64. The summed E-state index contributed by atoms with van der Waals surface area (Å²) in [5.74, 6) is 1.25. The number of fused-ring (bicyclic) bond motifs is 1. The zero-order valence-corrected chi connectivity index (χ0v) is 21.0. The molecule has 0 aliphatic heterocycles. The first-order chi connectivity index (χ1) is 16.9. The quantitative estimate of drug-likeness (QED) is 0.266. The monoisotopic (exact) mass is 489 g/mol. The lowest BCUT2D eigenvalue weighted by molar-refractivity contribution is -0.116. The minimum absolute atomic E-state index is 0.196. The summed E-state index contributed by atoms with van der Waals surface area (Å²) in [4.78, 5) is 12.8. The molecule has 0 unspecified atom stereocenters. The summed E-state index contributed by atoms with van der Waals surface area (Å²) >= 11 is 6.08. The first kappa shape index (κ1) is 24.4. The van der Waals surface area contributed by atoms with Crippen molar-refractivity contribution in [3.05, 3.63) is 88.6 Å². The second kappa shape index (κ2) is 10.7. The molecular formula is C29H28ClNO4. The number of carbonyl (C=O) groups is 1. The third kappa shape index (κ3) is 5.20. The van der Waals surface area contributed by atoms with Crippen LogP contribution in [0.5, 0.6) is 11.5 Å². The zero-order chi connectivity index (χ0) is 24.9. The molecule has 6 heteroatoms. The molecule has 3 aromatic carbocycles. The Labute approximate surface area is 210 Å². The van der Waals surface area contributed by atoms with Gasteiger partial charge in [-0.2, -0.15) is 0 Å². The van der Waals surface area contributed by atoms with Crippen LogP contribution in [0, 0.1) is 6.92 Å². The Hall–Kier alpha value is -3.70. The van der Waals surface area contributed by atoms with E-state index in [0.717, 1.165) is 50.1 Å². The van der Waals surface area contributed by atoms with Gasteiger partial charge in [-0.05, 0) is 56.2 Å². The van der Waals surface area contributed by atoms with Crippen LogP contribution in [0.3, 0.4) is 0 Å². The Balaban J connectivity index is 1.69. The molecule has 1 heterocycles. The van der Waals surface area contributed by atoms with Gasteiger partial charge < -0.3 is 19.2 Å². The highest BCUT2D eigenvalue weighted by Gasteiger charge is 2.19. The number of para-hydroxylation sites is 1. The van der Waals surface area contributed by atoms with Crippen molar-refractivity contribution in [2.24, 2.45) is 0 Å². The SMILES string of the molecule is CCOc1c(/C(C)=C/C(=O)NCc2ccccc2OC)cc2c(-c3ccc(Cl)cc3)coc2c1C. The molecule has 0 radical (unpaired) electrons. The highest BCUT2D eigenvalue weighted by Crippen LogP contribution is 2.41. The molecule has 0 saturated heterocycles. The lowest BCUT2D eigenvalue weighted by Crippen LogP contribution is -2.21. The highest BCUT2D eigenvalue weighted by atomic mass is 35.5. The lowest BCUT2D eigenvalue weighted by Gasteiger charge is -2.15. The van der Waals surface area contributed by atoms with Crippen LogP contribution in [0.15, 0.2) is 71.4 Å². The number of ether oxygens (including phenoxy) is 2. The molecule has 0 aliphatic carbocycles. The average Bonchev–Trinajstić information content (AvgIpc) is 3.29. The minimum Gasteiger partial charge on any atom is -0.496 e. The number of aryl methyl sites for hydroxylation is 1. The third-order valence-corrected chi connectivity index (χ3v) is 6.16. The van der Waals surface area contributed by atoms with E-state index >= 15 is 0 Å². The number of nitrogens with one attached hydrogen (secondary N) is 1. The van der Waals surface area contributed by atoms with Gasteiger partial charge in [-0.15, -0.1) is 0 Å². The molecule has 35 heavy (non-hydrogen) atoms. The maximum atomic E-state index is 12.8. The Morgan fingerprint density at radius 3 is 2.60 bits per heavy atom. The van der Waals surface area contributed by atoms with Crippen molar-refractivity contribution in [1.29, 1.82) is 0 Å². The van der Waals surface area contributed by atoms with Gasteiger partial charge in [0, 0.05) is 45.3 Å². The third-order valence-electron chi connectivity index (χ3n) is 5.91. The van der Waals surface area contributed by atoms with E-state index < -0.39 is 0 Å². The lowest BCUT2D eigenvalue weighted by atomic mass is 9.96. The highest BCUT2D eigenvalue weighted by molar-refractivity contribution is 6.30. The molecule has 0 aliphatic rings. The molecule has 1 N–H and O–H groups in total. The zero-order valence-electron chi connectivity index (χ0n) is 20.3. The molecule has 0 bridgehead atoms. The predicted octanol–water partition coefficient (Wildman–Crippen LogP) is 7.19. The van der Waals surface area contributed by atoms with Crippen molar-refractivity contribution >= 4 is 34.1 Å². The predicted molar refractivity (Wildman–Crippen MR) is 141 cm³/mol. The Morgan fingerprint density at radius 1 is 1.14 bits per heavy atom. The van der Waals surface area contributed by atoms with Crippen LogP contribution in [0.25, 0.3) is 27.7 Å². The number of rotatable bonds is 8. The Bertz CT molecular complexity index is 1390. The first-order valence-electron chi connectivity index (χ1n) is 11.4. The molecule has 1 amide bonds. The van der Waals surface area contributed by atoms with Gasteiger partial charge in [-0.25, -0.2) is 0 Å². The van der Waals surface area contributed by atoms with Gasteiger partial charge >= 0.3 is 0 Å². The van der Waals surface area contributed by atoms with E-state index in [1.165, 1.54) is 0 Å². The van der Waals surface area contributed by atoms with Gasteiger partial charge in [-0.1, -0.05) is 41.9 Å². The molecular weight excluding hydrogens is 462 g/mol. The average molecular weight is 490 g/mol. The van der Waals surface area contributed by atoms with Crippen molar-refractivity contribution in [3.63, 3.8) is 0 Å². The largest absolute Gasteiger partial charge is 0.496 e. The molecule has 0 spiro atoms. The van der Waals surface area contributed by atoms with Crippen molar-refractivity contribution in [2.45, 2.75) is 27.3 Å². The van der Waals surface area contributed by atoms with Gasteiger partial charge in [0.2, 0.25) is 5.91 Å². The van der Waals surface area contributed by atoms with E-state index in [9.17, 15) is 4.79 Å².